The number of allylic oxidation sites excluding steroid dienone is 2. The zero-order valence-electron chi connectivity index (χ0n) is 13.3. The topological polar surface area (TPSA) is 152 Å². The van der Waals surface area contributed by atoms with Crippen molar-refractivity contribution < 1.29 is 21.6 Å². The molecule has 2 atom stereocenters. The van der Waals surface area contributed by atoms with Crippen LogP contribution in [-0.4, -0.2) is 37.5 Å². The van der Waals surface area contributed by atoms with Gasteiger partial charge in [-0.1, -0.05) is 11.8 Å². The molecule has 1 amide bonds. The van der Waals surface area contributed by atoms with Crippen molar-refractivity contribution in [3.63, 3.8) is 0 Å². The summed E-state index contributed by atoms with van der Waals surface area (Å²) in [6, 6.07) is -0.692. The number of carbonyl (C=O) groups is 1. The summed E-state index contributed by atoms with van der Waals surface area (Å²) in [4.78, 5) is 18.1. The molecule has 1 aromatic heterocycles. The van der Waals surface area contributed by atoms with Gasteiger partial charge in [-0.2, -0.15) is 0 Å². The number of nitrogens with one attached hydrogen (secondary N) is 2. The molecule has 12 heteroatoms. The van der Waals surface area contributed by atoms with Gasteiger partial charge < -0.3 is 10.7 Å². The van der Waals surface area contributed by atoms with Gasteiger partial charge in [-0.25, -0.2) is 26.5 Å². The molecular weight excluding hydrogens is 388 g/mol. The Kier molecular flexibility index (Phi) is 4.14. The molecule has 0 aromatic carbocycles. The lowest BCUT2D eigenvalue weighted by molar-refractivity contribution is -0.119. The number of H-pyrrole nitrogens is 1. The normalized spacial score (nSPS) is 26.4. The highest BCUT2D eigenvalue weighted by atomic mass is 32.3. The fraction of sp³-hybridized carbons (Fsp3) is 0.385. The van der Waals surface area contributed by atoms with E-state index in [9.17, 15) is 21.6 Å². The lowest BCUT2D eigenvalue weighted by Crippen LogP contribution is -2.37. The maximum atomic E-state index is 12.7. The van der Waals surface area contributed by atoms with Crippen LogP contribution in [-0.2, 0) is 24.7 Å². The van der Waals surface area contributed by atoms with Gasteiger partial charge in [0, 0.05) is 6.20 Å². The summed E-state index contributed by atoms with van der Waals surface area (Å²) in [5.41, 5.74) is 6.11. The third-order valence-corrected chi connectivity index (χ3v) is 10.2. The summed E-state index contributed by atoms with van der Waals surface area (Å²) in [5.74, 6) is -0.647. The molecule has 9 nitrogen and oxygen atoms in total. The number of thioether (sulfide) groups is 1. The number of sulfone groups is 1. The number of nitrogens with zero attached hydrogens (tertiary/aromatic N) is 1. The van der Waals surface area contributed by atoms with Gasteiger partial charge in [0.2, 0.25) is 15.7 Å². The Morgan fingerprint density at radius 1 is 1.52 bits per heavy atom. The third-order valence-electron chi connectivity index (χ3n) is 4.01. The Bertz CT molecular complexity index is 1010. The Morgan fingerprint density at radius 2 is 2.20 bits per heavy atom. The molecule has 0 aliphatic carbocycles. The number of rotatable bonds is 5. The Balaban J connectivity index is 1.91. The average molecular weight is 404 g/mol. The molecule has 0 saturated carbocycles. The number of hydrogen-bond acceptors (Lipinski definition) is 7. The van der Waals surface area contributed by atoms with E-state index in [-0.39, 0.29) is 10.7 Å². The van der Waals surface area contributed by atoms with Gasteiger partial charge in [0.1, 0.15) is 8.98 Å². The van der Waals surface area contributed by atoms with Gasteiger partial charge >= 0.3 is 0 Å². The minimum Gasteiger partial charge on any atom is -0.368 e. The molecule has 0 spiro atoms. The van der Waals surface area contributed by atoms with E-state index in [1.807, 2.05) is 0 Å². The number of carbonyl (C=O) groups excluding carboxylic acids is 1. The first-order chi connectivity index (χ1) is 11.5. The van der Waals surface area contributed by atoms with E-state index in [0.717, 1.165) is 17.8 Å². The van der Waals surface area contributed by atoms with Gasteiger partial charge in [-0.3, -0.25) is 4.79 Å². The van der Waals surface area contributed by atoms with Crippen LogP contribution < -0.4 is 10.5 Å². The van der Waals surface area contributed by atoms with Gasteiger partial charge in [0.05, 0.1) is 18.1 Å². The van der Waals surface area contributed by atoms with E-state index in [2.05, 4.69) is 14.7 Å². The Morgan fingerprint density at radius 3 is 2.72 bits per heavy atom. The van der Waals surface area contributed by atoms with Crippen LogP contribution in [0.25, 0.3) is 0 Å². The first-order valence-corrected chi connectivity index (χ1v) is 10.9. The zero-order chi connectivity index (χ0) is 18.6. The largest absolute Gasteiger partial charge is 0.368 e. The minimum atomic E-state index is -4.29. The molecule has 3 heterocycles. The van der Waals surface area contributed by atoms with Crippen LogP contribution in [0, 0.1) is 0 Å². The highest BCUT2D eigenvalue weighted by Gasteiger charge is 2.51. The van der Waals surface area contributed by atoms with Gasteiger partial charge in [0.15, 0.2) is 4.24 Å². The minimum absolute atomic E-state index is 0.0662. The third kappa shape index (κ3) is 2.92. The number of aromatic amines is 1. The van der Waals surface area contributed by atoms with Crippen molar-refractivity contribution in [2.45, 2.75) is 31.1 Å². The number of amides is 1. The molecule has 0 saturated heterocycles. The van der Waals surface area contributed by atoms with Crippen molar-refractivity contribution >= 4 is 37.5 Å². The summed E-state index contributed by atoms with van der Waals surface area (Å²) >= 11 is 0.792. The number of sulfonamides is 1. The number of aromatic nitrogens is 2. The number of imidazole rings is 1. The lowest BCUT2D eigenvalue weighted by atomic mass is 10.0. The first kappa shape index (κ1) is 18.2. The van der Waals surface area contributed by atoms with E-state index in [0.29, 0.717) is 11.3 Å². The van der Waals surface area contributed by atoms with Crippen LogP contribution in [0.2, 0.25) is 0 Å². The van der Waals surface area contributed by atoms with Crippen molar-refractivity contribution in [2.75, 3.05) is 0 Å². The van der Waals surface area contributed by atoms with Gasteiger partial charge in [-0.15, -0.1) is 0 Å². The highest BCUT2D eigenvalue weighted by Crippen LogP contribution is 2.54. The second kappa shape index (κ2) is 5.69. The second-order valence-electron chi connectivity index (χ2n) is 6.00. The fourth-order valence-corrected chi connectivity index (χ4v) is 8.54. The summed E-state index contributed by atoms with van der Waals surface area (Å²) in [6.45, 7) is 3.10. The van der Waals surface area contributed by atoms with E-state index in [1.165, 1.54) is 19.4 Å². The Labute approximate surface area is 149 Å². The fourth-order valence-electron chi connectivity index (χ4n) is 2.61. The van der Waals surface area contributed by atoms with Crippen LogP contribution in [0.15, 0.2) is 32.6 Å². The van der Waals surface area contributed by atoms with Crippen molar-refractivity contribution in [2.24, 2.45) is 5.73 Å². The Hall–Kier alpha value is -1.63. The molecule has 4 N–H and O–H groups in total. The van der Waals surface area contributed by atoms with Crippen molar-refractivity contribution in [3.8, 4) is 0 Å². The van der Waals surface area contributed by atoms with Gasteiger partial charge in [0.25, 0.3) is 10.0 Å². The molecule has 136 valence electrons. The van der Waals surface area contributed by atoms with E-state index in [4.69, 9.17) is 5.73 Å². The monoisotopic (exact) mass is 404 g/mol. The zero-order valence-corrected chi connectivity index (χ0v) is 15.8. The molecule has 0 radical (unpaired) electrons. The summed E-state index contributed by atoms with van der Waals surface area (Å²) in [7, 11) is -8.51. The predicted octanol–water partition coefficient (Wildman–Crippen LogP) is 0.252. The number of nitrogens with two attached hydrogens (primary N) is 1. The van der Waals surface area contributed by atoms with Crippen molar-refractivity contribution in [1.82, 2.24) is 14.7 Å². The number of primary amides is 1. The van der Waals surface area contributed by atoms with Crippen LogP contribution in [0.1, 0.15) is 32.0 Å². The summed E-state index contributed by atoms with van der Waals surface area (Å²) in [5, 5.41) is 0. The molecule has 2 aliphatic rings. The highest BCUT2D eigenvalue weighted by molar-refractivity contribution is 8.26. The molecule has 25 heavy (non-hydrogen) atoms. The average Bonchev–Trinajstić information content (AvgIpc) is 3.16. The summed E-state index contributed by atoms with van der Waals surface area (Å²) in [6.07, 6.45) is 4.00. The van der Waals surface area contributed by atoms with E-state index < -0.39 is 40.8 Å². The molecule has 0 unspecified atom stereocenters. The molecule has 2 aliphatic heterocycles. The number of hydrogen-bond donors (Lipinski definition) is 3. The molecule has 0 bridgehead atoms. The van der Waals surface area contributed by atoms with Crippen LogP contribution in [0.4, 0.5) is 0 Å². The van der Waals surface area contributed by atoms with Crippen LogP contribution >= 0.6 is 11.8 Å². The SMILES string of the molecule is C[C@@H](NS(=O)(=O)C1=CC2=C(S[C@@](C)(C(N)=O)C2)S1(=O)=O)c1cnc[nH]1. The van der Waals surface area contributed by atoms with Crippen LogP contribution in [0.5, 0.6) is 0 Å². The second-order valence-corrected chi connectivity index (χ2v) is 11.6. The maximum absolute atomic E-state index is 12.7. The van der Waals surface area contributed by atoms with Crippen molar-refractivity contribution in [3.05, 3.63) is 38.3 Å². The van der Waals surface area contributed by atoms with E-state index >= 15 is 0 Å². The summed E-state index contributed by atoms with van der Waals surface area (Å²) < 4.78 is 50.8. The lowest BCUT2D eigenvalue weighted by Gasteiger charge is -2.20. The first-order valence-electron chi connectivity index (χ1n) is 7.17. The van der Waals surface area contributed by atoms with Gasteiger partial charge in [-0.05, 0) is 31.9 Å². The molecule has 1 aromatic rings. The predicted molar refractivity (Wildman–Crippen MR) is 92.9 cm³/mol. The molecule has 0 fully saturated rings. The van der Waals surface area contributed by atoms with Crippen LogP contribution in [0.3, 0.4) is 0 Å². The molecular formula is C13H16N4O5S3. The van der Waals surface area contributed by atoms with Crippen molar-refractivity contribution in [1.29, 1.82) is 0 Å². The molecule has 3 rings (SSSR count). The maximum Gasteiger partial charge on any atom is 0.252 e. The smallest absolute Gasteiger partial charge is 0.252 e. The van der Waals surface area contributed by atoms with E-state index in [1.54, 1.807) is 6.92 Å². The quantitative estimate of drug-likeness (QED) is 0.636. The standard InChI is InChI=1S/C13H16N4O5S3/c1-7(9-5-15-6-16-9)17-25(21,22)10-3-8-4-13(2,12(14)18)23-11(8)24(10,19)20/h3,5-7,17H,4H2,1-2H3,(H2,14,18)(H,15,16)/t7-,13-/m1/s1.